The fourth-order valence-corrected chi connectivity index (χ4v) is 1.48. The van der Waals surface area contributed by atoms with Crippen molar-refractivity contribution in [3.63, 3.8) is 0 Å². The van der Waals surface area contributed by atoms with Crippen LogP contribution in [-0.2, 0) is 4.74 Å². The number of aryl methyl sites for hydroxylation is 1. The molecule has 0 spiro atoms. The minimum Gasteiger partial charge on any atom is -0.358 e. The Morgan fingerprint density at radius 1 is 1.80 bits per heavy atom. The Morgan fingerprint density at radius 2 is 2.47 bits per heavy atom. The molecule has 1 aromatic heterocycles. The Morgan fingerprint density at radius 3 is 2.93 bits per heavy atom. The number of ether oxygens (including phenoxy) is 1. The number of imidazole rings is 1. The van der Waals surface area contributed by atoms with E-state index in [1.807, 2.05) is 6.92 Å². The molecule has 1 atom stereocenters. The summed E-state index contributed by atoms with van der Waals surface area (Å²) in [5, 5.41) is 10.5. The number of nitrogens with zero attached hydrogens (tertiary/aromatic N) is 3. The van der Waals surface area contributed by atoms with Gasteiger partial charge in [-0.3, -0.25) is 4.57 Å². The van der Waals surface area contributed by atoms with Crippen molar-refractivity contribution in [3.8, 4) is 0 Å². The molecule has 0 amide bonds. The van der Waals surface area contributed by atoms with Crippen molar-refractivity contribution in [2.75, 3.05) is 11.0 Å². The maximum atomic E-state index is 10.5. The Bertz CT molecular complexity index is 353. The molecule has 0 N–H and O–H groups in total. The molecule has 1 aromatic rings. The van der Waals surface area contributed by atoms with Crippen molar-refractivity contribution in [1.29, 1.82) is 0 Å². The summed E-state index contributed by atoms with van der Waals surface area (Å²) in [7, 11) is 0. The molecule has 15 heavy (non-hydrogen) atoms. The predicted octanol–water partition coefficient (Wildman–Crippen LogP) is 2.07. The second-order valence-corrected chi connectivity index (χ2v) is 4.05. The fourth-order valence-electron chi connectivity index (χ4n) is 1.22. The van der Waals surface area contributed by atoms with Gasteiger partial charge in [0.1, 0.15) is 12.4 Å². The number of hydrogen-bond donors (Lipinski definition) is 0. The van der Waals surface area contributed by atoms with Gasteiger partial charge in [0.25, 0.3) is 0 Å². The minimum atomic E-state index is -0.505. The van der Waals surface area contributed by atoms with Crippen LogP contribution < -0.4 is 0 Å². The van der Waals surface area contributed by atoms with Gasteiger partial charge in [0.05, 0.1) is 6.61 Å². The lowest BCUT2D eigenvalue weighted by atomic mass is 10.5. The maximum absolute atomic E-state index is 10.5. The standard InChI is InChI=1S/C8H12IN3O3/c1-6-10-8(12(13)14)5-11(6)7(2)15-4-3-9/h5,7H,3-4H2,1-2H3. The van der Waals surface area contributed by atoms with E-state index in [2.05, 4.69) is 27.6 Å². The highest BCUT2D eigenvalue weighted by Crippen LogP contribution is 2.16. The average molecular weight is 325 g/mol. The lowest BCUT2D eigenvalue weighted by Gasteiger charge is -2.13. The van der Waals surface area contributed by atoms with Crippen molar-refractivity contribution in [3.05, 3.63) is 22.1 Å². The van der Waals surface area contributed by atoms with Gasteiger partial charge in [-0.05, 0) is 16.8 Å². The zero-order chi connectivity index (χ0) is 11.4. The van der Waals surface area contributed by atoms with E-state index in [9.17, 15) is 10.1 Å². The molecule has 0 bridgehead atoms. The first-order valence-corrected chi connectivity index (χ1v) is 5.96. The molecule has 1 rings (SSSR count). The maximum Gasteiger partial charge on any atom is 0.381 e. The zero-order valence-electron chi connectivity index (χ0n) is 8.51. The largest absolute Gasteiger partial charge is 0.381 e. The summed E-state index contributed by atoms with van der Waals surface area (Å²) >= 11 is 2.21. The van der Waals surface area contributed by atoms with Crippen molar-refractivity contribution in [1.82, 2.24) is 9.55 Å². The second-order valence-electron chi connectivity index (χ2n) is 2.97. The van der Waals surface area contributed by atoms with Gasteiger partial charge < -0.3 is 14.9 Å². The van der Waals surface area contributed by atoms with Gasteiger partial charge in [0.15, 0.2) is 0 Å². The first-order chi connectivity index (χ1) is 7.06. The summed E-state index contributed by atoms with van der Waals surface area (Å²) in [4.78, 5) is 13.8. The van der Waals surface area contributed by atoms with E-state index >= 15 is 0 Å². The molecule has 0 aliphatic heterocycles. The van der Waals surface area contributed by atoms with Crippen LogP contribution in [0.1, 0.15) is 19.0 Å². The molecule has 0 aromatic carbocycles. The Kier molecular flexibility index (Phi) is 4.45. The summed E-state index contributed by atoms with van der Waals surface area (Å²) in [6.07, 6.45) is 1.17. The van der Waals surface area contributed by atoms with E-state index in [1.54, 1.807) is 11.5 Å². The van der Waals surface area contributed by atoms with Gasteiger partial charge in [-0.1, -0.05) is 22.6 Å². The third-order valence-corrected chi connectivity index (χ3v) is 2.36. The molecule has 0 radical (unpaired) electrons. The highest BCUT2D eigenvalue weighted by Gasteiger charge is 2.18. The number of hydrogen-bond acceptors (Lipinski definition) is 4. The summed E-state index contributed by atoms with van der Waals surface area (Å²) < 4.78 is 7.99. The molecule has 0 aliphatic carbocycles. The van der Waals surface area contributed by atoms with Crippen LogP contribution in [0.5, 0.6) is 0 Å². The van der Waals surface area contributed by atoms with Gasteiger partial charge in [-0.25, -0.2) is 0 Å². The summed E-state index contributed by atoms with van der Waals surface area (Å²) in [6.45, 7) is 4.18. The van der Waals surface area contributed by atoms with Crippen LogP contribution in [0.4, 0.5) is 5.82 Å². The van der Waals surface area contributed by atoms with Crippen LogP contribution >= 0.6 is 22.6 Å². The van der Waals surface area contributed by atoms with Gasteiger partial charge in [0, 0.05) is 11.4 Å². The first-order valence-electron chi connectivity index (χ1n) is 4.43. The molecule has 0 saturated carbocycles. The first kappa shape index (κ1) is 12.4. The SMILES string of the molecule is Cc1nc([N+](=O)[O-])cn1C(C)OCCI. The fraction of sp³-hybridized carbons (Fsp3) is 0.625. The van der Waals surface area contributed by atoms with Crippen LogP contribution in [0.15, 0.2) is 6.20 Å². The van der Waals surface area contributed by atoms with E-state index < -0.39 is 4.92 Å². The van der Waals surface area contributed by atoms with Crippen LogP contribution in [0.25, 0.3) is 0 Å². The third kappa shape index (κ3) is 3.13. The van der Waals surface area contributed by atoms with Gasteiger partial charge in [0.2, 0.25) is 5.82 Å². The minimum absolute atomic E-state index is 0.141. The predicted molar refractivity (Wildman–Crippen MR) is 63.2 cm³/mol. The van der Waals surface area contributed by atoms with Crippen LogP contribution in [0.2, 0.25) is 0 Å². The normalized spacial score (nSPS) is 12.7. The molecular weight excluding hydrogens is 313 g/mol. The lowest BCUT2D eigenvalue weighted by molar-refractivity contribution is -0.389. The van der Waals surface area contributed by atoms with E-state index in [0.717, 1.165) is 4.43 Å². The Hall–Kier alpha value is -0.700. The third-order valence-electron chi connectivity index (χ3n) is 1.92. The molecule has 7 heteroatoms. The monoisotopic (exact) mass is 325 g/mol. The van der Waals surface area contributed by atoms with Crippen LogP contribution in [0.3, 0.4) is 0 Å². The topological polar surface area (TPSA) is 70.2 Å². The van der Waals surface area contributed by atoms with Gasteiger partial charge in [-0.15, -0.1) is 0 Å². The quantitative estimate of drug-likeness (QED) is 0.360. The molecular formula is C8H12IN3O3. The van der Waals surface area contributed by atoms with Crippen molar-refractivity contribution >= 4 is 28.4 Å². The number of nitro groups is 1. The number of halogens is 1. The average Bonchev–Trinajstić information content (AvgIpc) is 2.57. The van der Waals surface area contributed by atoms with Crippen molar-refractivity contribution in [2.45, 2.75) is 20.1 Å². The summed E-state index contributed by atoms with van der Waals surface area (Å²) in [5.74, 6) is 0.445. The highest BCUT2D eigenvalue weighted by atomic mass is 127. The van der Waals surface area contributed by atoms with E-state index in [4.69, 9.17) is 4.74 Å². The molecule has 84 valence electrons. The van der Waals surface area contributed by atoms with Crippen LogP contribution in [-0.4, -0.2) is 25.5 Å². The smallest absolute Gasteiger partial charge is 0.358 e. The second kappa shape index (κ2) is 5.40. The van der Waals surface area contributed by atoms with Crippen molar-refractivity contribution < 1.29 is 9.66 Å². The Balaban J connectivity index is 2.79. The number of rotatable bonds is 5. The van der Waals surface area contributed by atoms with E-state index in [0.29, 0.717) is 12.4 Å². The molecule has 0 aliphatic rings. The molecule has 6 nitrogen and oxygen atoms in total. The summed E-state index contributed by atoms with van der Waals surface area (Å²) in [6, 6.07) is 0. The molecule has 1 heterocycles. The van der Waals surface area contributed by atoms with Crippen molar-refractivity contribution in [2.24, 2.45) is 0 Å². The Labute approximate surface area is 101 Å². The molecule has 0 saturated heterocycles. The number of aromatic nitrogens is 2. The summed E-state index contributed by atoms with van der Waals surface area (Å²) in [5.41, 5.74) is 0. The molecule has 0 fully saturated rings. The van der Waals surface area contributed by atoms with Crippen LogP contribution in [0, 0.1) is 17.0 Å². The highest BCUT2D eigenvalue weighted by molar-refractivity contribution is 14.1. The van der Waals surface area contributed by atoms with Gasteiger partial charge >= 0.3 is 5.82 Å². The van der Waals surface area contributed by atoms with E-state index in [-0.39, 0.29) is 12.0 Å². The van der Waals surface area contributed by atoms with Gasteiger partial charge in [-0.2, -0.15) is 0 Å². The zero-order valence-corrected chi connectivity index (χ0v) is 10.7. The van der Waals surface area contributed by atoms with E-state index in [1.165, 1.54) is 6.20 Å². The molecule has 1 unspecified atom stereocenters. The number of alkyl halides is 1. The lowest BCUT2D eigenvalue weighted by Crippen LogP contribution is -2.11.